The molecule has 0 fully saturated rings. The van der Waals surface area contributed by atoms with Crippen LogP contribution in [-0.2, 0) is 25.5 Å². The number of hydrogen-bond donors (Lipinski definition) is 3. The molecule has 3 atom stereocenters. The fourth-order valence-electron chi connectivity index (χ4n) is 3.50. The molecule has 0 bridgehead atoms. The van der Waals surface area contributed by atoms with E-state index >= 15 is 0 Å². The molecule has 2 aliphatic rings. The lowest BCUT2D eigenvalue weighted by Gasteiger charge is -2.29. The summed E-state index contributed by atoms with van der Waals surface area (Å²) in [6, 6.07) is 6.64. The number of nitrogens with zero attached hydrogens (tertiary/aromatic N) is 3. The molecule has 0 amide bonds. The van der Waals surface area contributed by atoms with Crippen LogP contribution >= 0.6 is 0 Å². The fourth-order valence-corrected chi connectivity index (χ4v) is 4.10. The normalized spacial score (nSPS) is 23.4. The largest absolute Gasteiger partial charge is 0.481 e. The van der Waals surface area contributed by atoms with E-state index in [0.29, 0.717) is 23.6 Å². The van der Waals surface area contributed by atoms with Gasteiger partial charge in [0.2, 0.25) is 5.84 Å². The second kappa shape index (κ2) is 8.57. The Morgan fingerprint density at radius 3 is 2.60 bits per heavy atom. The predicted molar refractivity (Wildman–Crippen MR) is 112 cm³/mol. The summed E-state index contributed by atoms with van der Waals surface area (Å²) in [7, 11) is 0. The van der Waals surface area contributed by atoms with Gasteiger partial charge in [-0.1, -0.05) is 12.1 Å². The highest BCUT2D eigenvalue weighted by molar-refractivity contribution is 7.83. The second-order valence-corrected chi connectivity index (χ2v) is 7.43. The summed E-state index contributed by atoms with van der Waals surface area (Å²) in [6.45, 7) is 5.18. The molecule has 0 saturated carbocycles. The van der Waals surface area contributed by atoms with E-state index in [1.165, 1.54) is 0 Å². The second-order valence-electron chi connectivity index (χ2n) is 6.60. The van der Waals surface area contributed by atoms with Crippen LogP contribution in [0, 0.1) is 5.92 Å². The minimum Gasteiger partial charge on any atom is -0.481 e. The van der Waals surface area contributed by atoms with Crippen molar-refractivity contribution in [1.29, 1.82) is 0 Å². The molecule has 1 aromatic rings. The minimum atomic E-state index is -1.79. The highest BCUT2D eigenvalue weighted by atomic mass is 32.2. The van der Waals surface area contributed by atoms with Crippen LogP contribution < -0.4 is 5.32 Å². The number of ether oxygens (including phenoxy) is 1. The molecule has 10 nitrogen and oxygen atoms in total. The van der Waals surface area contributed by atoms with E-state index in [1.54, 1.807) is 45.0 Å². The average molecular weight is 432 g/mol. The van der Waals surface area contributed by atoms with Crippen LogP contribution in [0.5, 0.6) is 0 Å². The van der Waals surface area contributed by atoms with Crippen molar-refractivity contribution in [2.75, 3.05) is 11.9 Å². The van der Waals surface area contributed by atoms with Gasteiger partial charge in [-0.25, -0.2) is 9.00 Å². The van der Waals surface area contributed by atoms with E-state index in [1.807, 2.05) is 0 Å². The summed E-state index contributed by atoms with van der Waals surface area (Å²) >= 11 is -1.79. The zero-order chi connectivity index (χ0) is 22.0. The molecule has 0 aromatic heterocycles. The summed E-state index contributed by atoms with van der Waals surface area (Å²) in [4.78, 5) is 28.0. The van der Waals surface area contributed by atoms with Gasteiger partial charge in [-0.3, -0.25) is 9.79 Å². The number of benzene rings is 1. The molecule has 3 N–H and O–H groups in total. The Hall–Kier alpha value is -3.34. The number of amidine groups is 1. The monoisotopic (exact) mass is 432 g/mol. The molecule has 3 unspecified atom stereocenters. The van der Waals surface area contributed by atoms with Crippen molar-refractivity contribution in [3.8, 4) is 0 Å². The summed E-state index contributed by atoms with van der Waals surface area (Å²) in [5, 5.41) is 22.4. The molecule has 3 rings (SSSR count). The van der Waals surface area contributed by atoms with Crippen molar-refractivity contribution in [2.45, 2.75) is 26.7 Å². The zero-order valence-electron chi connectivity index (χ0n) is 16.4. The standard InChI is InChI=1S/C19H20N4O6S/c1-4-29-17-16(22-30(28)23-17)21-12-7-5-6-11(8-12)15-13(18(24)25)9(2)20-10(3)14(15)19(26)27/h5-8,13,15H,4H2,1-3H3,(H,21,22)(H,24,25)(H,26,27). The maximum Gasteiger partial charge on any atom is 0.334 e. The van der Waals surface area contributed by atoms with Gasteiger partial charge in [0.15, 0.2) is 0 Å². The Labute approximate surface area is 174 Å². The van der Waals surface area contributed by atoms with Crippen LogP contribution in [0.4, 0.5) is 5.69 Å². The van der Waals surface area contributed by atoms with Gasteiger partial charge >= 0.3 is 11.9 Å². The van der Waals surface area contributed by atoms with Gasteiger partial charge in [0.25, 0.3) is 17.1 Å². The minimum absolute atomic E-state index is 0.0685. The van der Waals surface area contributed by atoms with Gasteiger partial charge in [-0.2, -0.15) is 0 Å². The lowest BCUT2D eigenvalue weighted by atomic mass is 9.75. The topological polar surface area (TPSA) is 150 Å². The Balaban J connectivity index is 2.01. The molecule has 30 heavy (non-hydrogen) atoms. The average Bonchev–Trinajstić information content (AvgIpc) is 2.99. The van der Waals surface area contributed by atoms with Gasteiger partial charge in [0, 0.05) is 23.0 Å². The first-order chi connectivity index (χ1) is 14.2. The number of aliphatic carboxylic acids is 2. The molecule has 2 heterocycles. The smallest absolute Gasteiger partial charge is 0.334 e. The molecule has 158 valence electrons. The van der Waals surface area contributed by atoms with E-state index < -0.39 is 34.9 Å². The fraction of sp³-hybridized carbons (Fsp3) is 0.316. The van der Waals surface area contributed by atoms with Gasteiger partial charge < -0.3 is 20.3 Å². The lowest BCUT2D eigenvalue weighted by Crippen LogP contribution is -2.35. The third-order valence-corrected chi connectivity index (χ3v) is 5.31. The van der Waals surface area contributed by atoms with Gasteiger partial charge in [0.05, 0.1) is 12.2 Å². The van der Waals surface area contributed by atoms with Gasteiger partial charge in [-0.05, 0) is 38.5 Å². The van der Waals surface area contributed by atoms with Crippen LogP contribution in [0.2, 0.25) is 0 Å². The van der Waals surface area contributed by atoms with Gasteiger partial charge in [-0.15, -0.1) is 8.80 Å². The van der Waals surface area contributed by atoms with Crippen molar-refractivity contribution in [2.24, 2.45) is 19.7 Å². The van der Waals surface area contributed by atoms with Crippen LogP contribution in [0.3, 0.4) is 0 Å². The van der Waals surface area contributed by atoms with Crippen LogP contribution in [0.25, 0.3) is 0 Å². The summed E-state index contributed by atoms with van der Waals surface area (Å²) in [5.74, 6) is -4.15. The molecular formula is C19H20N4O6S. The Bertz CT molecular complexity index is 1060. The Morgan fingerprint density at radius 1 is 1.23 bits per heavy atom. The molecule has 11 heteroatoms. The van der Waals surface area contributed by atoms with E-state index in [0.717, 1.165) is 0 Å². The number of carbonyl (C=O) groups is 2. The number of aliphatic imine (C=N–C) groups is 1. The molecule has 0 spiro atoms. The van der Waals surface area contributed by atoms with Crippen molar-refractivity contribution in [1.82, 2.24) is 0 Å². The summed E-state index contributed by atoms with van der Waals surface area (Å²) in [5.41, 5.74) is 1.50. The van der Waals surface area contributed by atoms with Crippen molar-refractivity contribution >= 4 is 46.2 Å². The first-order valence-corrected chi connectivity index (χ1v) is 10.1. The molecule has 0 aliphatic carbocycles. The van der Waals surface area contributed by atoms with Crippen LogP contribution in [0.15, 0.2) is 49.3 Å². The van der Waals surface area contributed by atoms with Gasteiger partial charge in [0.1, 0.15) is 5.92 Å². The molecule has 2 aliphatic heterocycles. The first kappa shape index (κ1) is 21.4. The maximum atomic E-state index is 11.9. The Kier molecular flexibility index (Phi) is 6.11. The SMILES string of the molecule is CCOC1=NS(=O)N=C1Nc1cccc(C2C(C(=O)O)=C(C)N=C(C)C2C(=O)O)c1. The molecular weight excluding hydrogens is 412 g/mol. The summed E-state index contributed by atoms with van der Waals surface area (Å²) < 4.78 is 24.6. The van der Waals surface area contributed by atoms with Crippen molar-refractivity contribution in [3.63, 3.8) is 0 Å². The molecule has 0 radical (unpaired) electrons. The number of allylic oxidation sites excluding steroid dienone is 1. The highest BCUT2D eigenvalue weighted by Crippen LogP contribution is 2.39. The maximum absolute atomic E-state index is 11.9. The molecule has 0 saturated heterocycles. The number of carboxylic acids is 2. The van der Waals surface area contributed by atoms with Crippen LogP contribution in [-0.4, -0.2) is 50.4 Å². The quantitative estimate of drug-likeness (QED) is 0.645. The lowest BCUT2D eigenvalue weighted by molar-refractivity contribution is -0.140. The highest BCUT2D eigenvalue weighted by Gasteiger charge is 2.41. The van der Waals surface area contributed by atoms with E-state index in [9.17, 15) is 24.0 Å². The predicted octanol–water partition coefficient (Wildman–Crippen LogP) is 2.14. The number of hydrogen-bond acceptors (Lipinski definition) is 6. The Morgan fingerprint density at radius 2 is 1.97 bits per heavy atom. The number of carboxylic acid groups (broad SMARTS) is 2. The van der Waals surface area contributed by atoms with Crippen molar-refractivity contribution < 1.29 is 28.7 Å². The third kappa shape index (κ3) is 4.15. The van der Waals surface area contributed by atoms with E-state index in [2.05, 4.69) is 19.1 Å². The van der Waals surface area contributed by atoms with Crippen molar-refractivity contribution in [3.05, 3.63) is 41.1 Å². The van der Waals surface area contributed by atoms with Crippen LogP contribution in [0.1, 0.15) is 32.3 Å². The number of anilines is 1. The first-order valence-electron chi connectivity index (χ1n) is 9.04. The summed E-state index contributed by atoms with van der Waals surface area (Å²) in [6.07, 6.45) is 0. The number of rotatable bonds is 5. The van der Waals surface area contributed by atoms with E-state index in [4.69, 9.17) is 4.74 Å². The third-order valence-electron chi connectivity index (χ3n) is 4.65. The number of nitrogens with one attached hydrogen (secondary N) is 1. The molecule has 1 aromatic carbocycles. The van der Waals surface area contributed by atoms with E-state index in [-0.39, 0.29) is 23.0 Å². The zero-order valence-corrected chi connectivity index (χ0v) is 17.3.